The number of nitrogens with one attached hydrogen (secondary N) is 3. The van der Waals surface area contributed by atoms with Crippen LogP contribution in [0.25, 0.3) is 5.69 Å². The molecular formula is C31H35ClN10S. The highest BCUT2D eigenvalue weighted by Gasteiger charge is 2.30. The Bertz CT molecular complexity index is 1570. The number of hydrogen-bond donors (Lipinski definition) is 3. The van der Waals surface area contributed by atoms with Crippen LogP contribution in [0.15, 0.2) is 48.5 Å². The van der Waals surface area contributed by atoms with Gasteiger partial charge in [0.2, 0.25) is 17.8 Å². The lowest BCUT2D eigenvalue weighted by atomic mass is 9.97. The van der Waals surface area contributed by atoms with E-state index in [2.05, 4.69) is 25.8 Å². The minimum atomic E-state index is -0.122. The molecule has 0 bridgehead atoms. The van der Waals surface area contributed by atoms with Crippen LogP contribution in [0.4, 0.5) is 29.4 Å². The van der Waals surface area contributed by atoms with Crippen LogP contribution in [-0.2, 0) is 0 Å². The molecule has 2 aromatic heterocycles. The Balaban J connectivity index is 1.16. The van der Waals surface area contributed by atoms with Crippen molar-refractivity contribution < 1.29 is 0 Å². The molecule has 2 saturated heterocycles. The van der Waals surface area contributed by atoms with E-state index in [4.69, 9.17) is 43.9 Å². The first-order valence-electron chi connectivity index (χ1n) is 15.1. The molecule has 0 saturated carbocycles. The molecular weight excluding hydrogens is 580 g/mol. The van der Waals surface area contributed by atoms with Gasteiger partial charge in [0.1, 0.15) is 5.82 Å². The van der Waals surface area contributed by atoms with Crippen LogP contribution >= 0.6 is 23.8 Å². The Morgan fingerprint density at radius 2 is 1.42 bits per heavy atom. The molecule has 3 N–H and O–H groups in total. The summed E-state index contributed by atoms with van der Waals surface area (Å²) in [4.78, 5) is 19.2. The van der Waals surface area contributed by atoms with Gasteiger partial charge in [0, 0.05) is 42.5 Å². The van der Waals surface area contributed by atoms with Gasteiger partial charge in [-0.25, -0.2) is 4.68 Å². The minimum Gasteiger partial charge on any atom is -0.351 e. The molecule has 3 aliphatic heterocycles. The van der Waals surface area contributed by atoms with Crippen molar-refractivity contribution in [1.29, 1.82) is 0 Å². The number of halogens is 1. The Kier molecular flexibility index (Phi) is 7.75. The van der Waals surface area contributed by atoms with Gasteiger partial charge < -0.3 is 25.8 Å². The van der Waals surface area contributed by atoms with Crippen molar-refractivity contribution in [3.05, 3.63) is 70.4 Å². The van der Waals surface area contributed by atoms with Gasteiger partial charge in [-0.05, 0) is 99.6 Å². The lowest BCUT2D eigenvalue weighted by Crippen LogP contribution is -2.38. The number of anilines is 5. The summed E-state index contributed by atoms with van der Waals surface area (Å²) in [6.07, 6.45) is 7.19. The zero-order chi connectivity index (χ0) is 29.3. The van der Waals surface area contributed by atoms with E-state index in [-0.39, 0.29) is 6.04 Å². The molecule has 2 fully saturated rings. The van der Waals surface area contributed by atoms with Gasteiger partial charge in [0.05, 0.1) is 17.4 Å². The molecule has 43 heavy (non-hydrogen) atoms. The van der Waals surface area contributed by atoms with Gasteiger partial charge >= 0.3 is 0 Å². The highest BCUT2D eigenvalue weighted by Crippen LogP contribution is 2.36. The van der Waals surface area contributed by atoms with E-state index >= 15 is 0 Å². The van der Waals surface area contributed by atoms with Crippen LogP contribution in [-0.4, -0.2) is 56.0 Å². The summed E-state index contributed by atoms with van der Waals surface area (Å²) >= 11 is 11.7. The molecule has 3 aliphatic rings. The van der Waals surface area contributed by atoms with E-state index in [0.717, 1.165) is 72.1 Å². The summed E-state index contributed by atoms with van der Waals surface area (Å²) < 4.78 is 1.91. The van der Waals surface area contributed by atoms with E-state index in [1.807, 2.05) is 60.1 Å². The predicted molar refractivity (Wildman–Crippen MR) is 176 cm³/mol. The van der Waals surface area contributed by atoms with Crippen molar-refractivity contribution in [3.8, 4) is 5.69 Å². The Hall–Kier alpha value is -3.96. The van der Waals surface area contributed by atoms with Crippen molar-refractivity contribution >= 4 is 58.3 Å². The fourth-order valence-electron chi connectivity index (χ4n) is 6.14. The summed E-state index contributed by atoms with van der Waals surface area (Å²) in [5, 5.41) is 16.3. The molecule has 10 nitrogen and oxygen atoms in total. The van der Waals surface area contributed by atoms with Crippen molar-refractivity contribution in [3.63, 3.8) is 0 Å². The van der Waals surface area contributed by atoms with Crippen LogP contribution < -0.4 is 25.8 Å². The van der Waals surface area contributed by atoms with Gasteiger partial charge in [-0.2, -0.15) is 20.1 Å². The predicted octanol–water partition coefficient (Wildman–Crippen LogP) is 6.13. The standard InChI is InChI=1S/C31H35ClN10S/c1-20-25-26(21-8-10-22(32)11-9-21)34-31(43)35-27(25)42(39-20)24-14-12-23(13-15-24)33-28-36-29(40-16-4-2-5-17-40)38-30(37-28)41-18-6-3-7-19-41/h8-15,26H,2-7,16-19H2,1H3,(H2,34,35,43)(H,33,36,37,38). The van der Waals surface area contributed by atoms with E-state index in [1.165, 1.54) is 38.5 Å². The highest BCUT2D eigenvalue weighted by molar-refractivity contribution is 7.80. The van der Waals surface area contributed by atoms with E-state index in [9.17, 15) is 0 Å². The molecule has 0 spiro atoms. The molecule has 4 aromatic rings. The normalized spacial score (nSPS) is 18.6. The third kappa shape index (κ3) is 5.83. The third-order valence-corrected chi connectivity index (χ3v) is 8.84. The first-order chi connectivity index (χ1) is 21.0. The largest absolute Gasteiger partial charge is 0.351 e. The lowest BCUT2D eigenvalue weighted by Gasteiger charge is -2.30. The molecule has 1 atom stereocenters. The fourth-order valence-corrected chi connectivity index (χ4v) is 6.48. The average molecular weight is 615 g/mol. The minimum absolute atomic E-state index is 0.122. The van der Waals surface area contributed by atoms with Crippen molar-refractivity contribution in [1.82, 2.24) is 30.0 Å². The number of aryl methyl sites for hydroxylation is 1. The number of fused-ring (bicyclic) bond motifs is 1. The number of aromatic nitrogens is 5. The van der Waals surface area contributed by atoms with Crippen LogP contribution in [0.2, 0.25) is 5.02 Å². The second-order valence-corrected chi connectivity index (χ2v) is 12.2. The number of thiocarbonyl (C=S) groups is 1. The van der Waals surface area contributed by atoms with Crippen LogP contribution in [0.3, 0.4) is 0 Å². The smallest absolute Gasteiger partial charge is 0.233 e. The molecule has 0 aliphatic carbocycles. The monoisotopic (exact) mass is 614 g/mol. The van der Waals surface area contributed by atoms with Gasteiger partial charge in [-0.3, -0.25) is 0 Å². The molecule has 2 aromatic carbocycles. The zero-order valence-corrected chi connectivity index (χ0v) is 25.8. The zero-order valence-electron chi connectivity index (χ0n) is 24.2. The van der Waals surface area contributed by atoms with Crippen LogP contribution in [0.1, 0.15) is 61.4 Å². The summed E-state index contributed by atoms with van der Waals surface area (Å²) in [5.74, 6) is 2.95. The number of benzene rings is 2. The molecule has 0 amide bonds. The molecule has 12 heteroatoms. The number of hydrogen-bond acceptors (Lipinski definition) is 8. The molecule has 5 heterocycles. The lowest BCUT2D eigenvalue weighted by molar-refractivity contribution is 0.556. The second-order valence-electron chi connectivity index (χ2n) is 11.4. The molecule has 222 valence electrons. The van der Waals surface area contributed by atoms with Gasteiger partial charge in [-0.1, -0.05) is 23.7 Å². The average Bonchev–Trinajstić information content (AvgIpc) is 3.37. The highest BCUT2D eigenvalue weighted by atomic mass is 35.5. The summed E-state index contributed by atoms with van der Waals surface area (Å²) in [6, 6.07) is 15.8. The number of rotatable bonds is 6. The van der Waals surface area contributed by atoms with E-state index in [1.54, 1.807) is 0 Å². The molecule has 1 unspecified atom stereocenters. The summed E-state index contributed by atoms with van der Waals surface area (Å²) in [7, 11) is 0. The maximum atomic E-state index is 6.15. The first kappa shape index (κ1) is 27.8. The van der Waals surface area contributed by atoms with Crippen molar-refractivity contribution in [2.75, 3.05) is 46.6 Å². The summed E-state index contributed by atoms with van der Waals surface area (Å²) in [6.45, 7) is 5.95. The maximum absolute atomic E-state index is 6.15. The summed E-state index contributed by atoms with van der Waals surface area (Å²) in [5.41, 5.74) is 4.85. The Morgan fingerprint density at radius 1 is 0.814 bits per heavy atom. The molecule has 7 rings (SSSR count). The SMILES string of the molecule is Cc1nn(-c2ccc(Nc3nc(N4CCCCC4)nc(N4CCCCC4)n3)cc2)c2c1C(c1ccc(Cl)cc1)NC(=S)N2. The van der Waals surface area contributed by atoms with E-state index < -0.39 is 0 Å². The third-order valence-electron chi connectivity index (χ3n) is 8.36. The van der Waals surface area contributed by atoms with E-state index in [0.29, 0.717) is 16.1 Å². The second kappa shape index (κ2) is 12.0. The quantitative estimate of drug-likeness (QED) is 0.220. The topological polar surface area (TPSA) is 99.1 Å². The molecule has 0 radical (unpaired) electrons. The maximum Gasteiger partial charge on any atom is 0.233 e. The number of nitrogens with zero attached hydrogens (tertiary/aromatic N) is 7. The fraction of sp³-hybridized carbons (Fsp3) is 0.387. The Morgan fingerprint density at radius 3 is 2.02 bits per heavy atom. The van der Waals surface area contributed by atoms with Crippen molar-refractivity contribution in [2.45, 2.75) is 51.5 Å². The van der Waals surface area contributed by atoms with Gasteiger partial charge in [0.15, 0.2) is 5.11 Å². The Labute approximate surface area is 261 Å². The van der Waals surface area contributed by atoms with Gasteiger partial charge in [-0.15, -0.1) is 0 Å². The van der Waals surface area contributed by atoms with Crippen molar-refractivity contribution in [2.24, 2.45) is 0 Å². The van der Waals surface area contributed by atoms with Crippen LogP contribution in [0.5, 0.6) is 0 Å². The van der Waals surface area contributed by atoms with Crippen LogP contribution in [0, 0.1) is 6.92 Å². The number of piperidine rings is 2. The van der Waals surface area contributed by atoms with Gasteiger partial charge in [0.25, 0.3) is 0 Å². The first-order valence-corrected chi connectivity index (χ1v) is 15.9.